The van der Waals surface area contributed by atoms with Crippen molar-refractivity contribution in [2.24, 2.45) is 0 Å². The van der Waals surface area contributed by atoms with Crippen LogP contribution in [0.5, 0.6) is 11.5 Å². The Morgan fingerprint density at radius 1 is 1.04 bits per heavy atom. The molecule has 0 saturated carbocycles. The van der Waals surface area contributed by atoms with Crippen molar-refractivity contribution in [1.29, 1.82) is 0 Å². The topological polar surface area (TPSA) is 61.8 Å². The Labute approximate surface area is 171 Å². The van der Waals surface area contributed by atoms with Crippen molar-refractivity contribution in [3.63, 3.8) is 0 Å². The maximum Gasteiger partial charge on any atom is 0.338 e. The lowest BCUT2D eigenvalue weighted by molar-refractivity contribution is 0.0474. The number of benzene rings is 2. The molecular formula is C20H20BrClO5. The largest absolute Gasteiger partial charge is 0.490 e. The molecule has 5 nitrogen and oxygen atoms in total. The molecule has 0 spiro atoms. The molecular weight excluding hydrogens is 436 g/mol. The first-order valence-electron chi connectivity index (χ1n) is 8.51. The van der Waals surface area contributed by atoms with Crippen LogP contribution in [0.25, 0.3) is 0 Å². The van der Waals surface area contributed by atoms with E-state index in [0.29, 0.717) is 30.3 Å². The maximum atomic E-state index is 12.3. The fraction of sp³-hybridized carbons (Fsp3) is 0.300. The third kappa shape index (κ3) is 5.97. The highest BCUT2D eigenvalue weighted by Crippen LogP contribution is 2.37. The molecule has 0 aromatic heterocycles. The monoisotopic (exact) mass is 454 g/mol. The summed E-state index contributed by atoms with van der Waals surface area (Å²) >= 11 is 9.54. The molecule has 0 aliphatic heterocycles. The molecule has 0 saturated heterocycles. The summed E-state index contributed by atoms with van der Waals surface area (Å²) in [6.45, 7) is 4.29. The molecule has 27 heavy (non-hydrogen) atoms. The summed E-state index contributed by atoms with van der Waals surface area (Å²) in [6, 6.07) is 9.76. The molecule has 0 aliphatic carbocycles. The van der Waals surface area contributed by atoms with E-state index < -0.39 is 5.97 Å². The minimum absolute atomic E-state index is 0.191. The summed E-state index contributed by atoms with van der Waals surface area (Å²) in [4.78, 5) is 24.5. The molecule has 0 atom stereocenters. The Morgan fingerprint density at radius 2 is 1.74 bits per heavy atom. The van der Waals surface area contributed by atoms with Gasteiger partial charge in [0.1, 0.15) is 0 Å². The number of esters is 1. The van der Waals surface area contributed by atoms with Crippen LogP contribution in [0.1, 0.15) is 41.0 Å². The van der Waals surface area contributed by atoms with Crippen LogP contribution < -0.4 is 9.47 Å². The molecule has 0 fully saturated rings. The summed E-state index contributed by atoms with van der Waals surface area (Å²) in [7, 11) is 0. The SMILES string of the molecule is CCCOc1c(Cl)cc(C(=O)OCC(=O)c2ccc(Br)cc2)cc1OCC. The molecule has 2 aromatic carbocycles. The van der Waals surface area contributed by atoms with Crippen LogP contribution in [-0.2, 0) is 4.74 Å². The van der Waals surface area contributed by atoms with Crippen molar-refractivity contribution < 1.29 is 23.8 Å². The lowest BCUT2D eigenvalue weighted by atomic mass is 10.1. The molecule has 0 aliphatic rings. The van der Waals surface area contributed by atoms with Gasteiger partial charge in [0.05, 0.1) is 23.8 Å². The van der Waals surface area contributed by atoms with Crippen LogP contribution in [0.2, 0.25) is 5.02 Å². The molecule has 0 unspecified atom stereocenters. The Hall–Kier alpha value is -2.05. The summed E-state index contributed by atoms with van der Waals surface area (Å²) in [6.07, 6.45) is 0.809. The number of rotatable bonds is 9. The van der Waals surface area contributed by atoms with Crippen molar-refractivity contribution in [3.8, 4) is 11.5 Å². The second-order valence-corrected chi connectivity index (χ2v) is 6.90. The predicted molar refractivity (Wildman–Crippen MR) is 107 cm³/mol. The third-order valence-electron chi connectivity index (χ3n) is 3.50. The summed E-state index contributed by atoms with van der Waals surface area (Å²) in [5.41, 5.74) is 0.651. The normalized spacial score (nSPS) is 10.4. The number of hydrogen-bond donors (Lipinski definition) is 0. The Kier molecular flexibility index (Phi) is 8.13. The Balaban J connectivity index is 2.10. The van der Waals surface area contributed by atoms with Crippen molar-refractivity contribution in [2.45, 2.75) is 20.3 Å². The standard InChI is InChI=1S/C20H20BrClO5/c1-3-9-26-19-16(22)10-14(11-18(19)25-4-2)20(24)27-12-17(23)13-5-7-15(21)8-6-13/h5-8,10-11H,3-4,9,12H2,1-2H3. The molecule has 7 heteroatoms. The van der Waals surface area contributed by atoms with Gasteiger partial charge >= 0.3 is 5.97 Å². The first kappa shape index (κ1) is 21.3. The first-order valence-corrected chi connectivity index (χ1v) is 9.68. The zero-order valence-corrected chi connectivity index (χ0v) is 17.4. The van der Waals surface area contributed by atoms with E-state index in [-0.39, 0.29) is 23.0 Å². The molecule has 144 valence electrons. The molecule has 0 radical (unpaired) electrons. The van der Waals surface area contributed by atoms with E-state index in [1.54, 1.807) is 24.3 Å². The molecule has 2 aromatic rings. The summed E-state index contributed by atoms with van der Waals surface area (Å²) < 4.78 is 17.1. The van der Waals surface area contributed by atoms with Crippen molar-refractivity contribution in [1.82, 2.24) is 0 Å². The van der Waals surface area contributed by atoms with Crippen LogP contribution in [0.15, 0.2) is 40.9 Å². The Morgan fingerprint density at radius 3 is 2.37 bits per heavy atom. The van der Waals surface area contributed by atoms with E-state index >= 15 is 0 Å². The van der Waals surface area contributed by atoms with Gasteiger partial charge in [0.2, 0.25) is 0 Å². The second kappa shape index (κ2) is 10.3. The fourth-order valence-electron chi connectivity index (χ4n) is 2.23. The molecule has 0 amide bonds. The highest BCUT2D eigenvalue weighted by atomic mass is 79.9. The van der Waals surface area contributed by atoms with Gasteiger partial charge in [0, 0.05) is 10.0 Å². The average molecular weight is 456 g/mol. The van der Waals surface area contributed by atoms with Gasteiger partial charge in [-0.2, -0.15) is 0 Å². The van der Waals surface area contributed by atoms with Crippen LogP contribution in [0.3, 0.4) is 0 Å². The zero-order chi connectivity index (χ0) is 19.8. The lowest BCUT2D eigenvalue weighted by Gasteiger charge is -2.14. The van der Waals surface area contributed by atoms with Gasteiger partial charge in [0.15, 0.2) is 23.9 Å². The Bertz CT molecular complexity index is 805. The van der Waals surface area contributed by atoms with Crippen molar-refractivity contribution in [3.05, 3.63) is 57.0 Å². The summed E-state index contributed by atoms with van der Waals surface area (Å²) in [5, 5.41) is 0.251. The maximum absolute atomic E-state index is 12.3. The van der Waals surface area contributed by atoms with Crippen LogP contribution in [0, 0.1) is 0 Å². The van der Waals surface area contributed by atoms with Gasteiger partial charge in [0.25, 0.3) is 0 Å². The van der Waals surface area contributed by atoms with Gasteiger partial charge in [-0.15, -0.1) is 0 Å². The van der Waals surface area contributed by atoms with Crippen LogP contribution >= 0.6 is 27.5 Å². The quantitative estimate of drug-likeness (QED) is 0.378. The van der Waals surface area contributed by atoms with Crippen molar-refractivity contribution >= 4 is 39.3 Å². The van der Waals surface area contributed by atoms with Crippen LogP contribution in [-0.4, -0.2) is 31.6 Å². The van der Waals surface area contributed by atoms with E-state index in [9.17, 15) is 9.59 Å². The minimum atomic E-state index is -0.662. The minimum Gasteiger partial charge on any atom is -0.490 e. The number of carbonyl (C=O) groups excluding carboxylic acids is 2. The van der Waals surface area contributed by atoms with Gasteiger partial charge < -0.3 is 14.2 Å². The van der Waals surface area contributed by atoms with Gasteiger partial charge in [-0.25, -0.2) is 4.79 Å². The predicted octanol–water partition coefficient (Wildman–Crippen LogP) is 5.33. The van der Waals surface area contributed by atoms with Crippen molar-refractivity contribution in [2.75, 3.05) is 19.8 Å². The van der Waals surface area contributed by atoms with Crippen LogP contribution in [0.4, 0.5) is 0 Å². The average Bonchev–Trinajstić information content (AvgIpc) is 2.65. The van der Waals surface area contributed by atoms with E-state index in [2.05, 4.69) is 15.9 Å². The lowest BCUT2D eigenvalue weighted by Crippen LogP contribution is -2.14. The first-order chi connectivity index (χ1) is 13.0. The molecule has 0 bridgehead atoms. The third-order valence-corrected chi connectivity index (χ3v) is 4.31. The summed E-state index contributed by atoms with van der Waals surface area (Å²) in [5.74, 6) is -0.201. The highest BCUT2D eigenvalue weighted by Gasteiger charge is 2.18. The second-order valence-electron chi connectivity index (χ2n) is 5.57. The molecule has 2 rings (SSSR count). The number of hydrogen-bond acceptors (Lipinski definition) is 5. The highest BCUT2D eigenvalue weighted by molar-refractivity contribution is 9.10. The number of halogens is 2. The number of ether oxygens (including phenoxy) is 3. The smallest absolute Gasteiger partial charge is 0.338 e. The zero-order valence-electron chi connectivity index (χ0n) is 15.1. The van der Waals surface area contributed by atoms with Gasteiger partial charge in [-0.05, 0) is 37.6 Å². The van der Waals surface area contributed by atoms with E-state index in [4.69, 9.17) is 25.8 Å². The number of carbonyl (C=O) groups is 2. The number of ketones is 1. The van der Waals surface area contributed by atoms with E-state index in [1.165, 1.54) is 12.1 Å². The van der Waals surface area contributed by atoms with Gasteiger partial charge in [-0.3, -0.25) is 4.79 Å². The van der Waals surface area contributed by atoms with E-state index in [1.807, 2.05) is 13.8 Å². The molecule has 0 heterocycles. The molecule has 0 N–H and O–H groups in total. The van der Waals surface area contributed by atoms with Gasteiger partial charge in [-0.1, -0.05) is 46.6 Å². The van der Waals surface area contributed by atoms with E-state index in [0.717, 1.165) is 10.9 Å². The fourth-order valence-corrected chi connectivity index (χ4v) is 2.76. The number of Topliss-reactive ketones (excluding diaryl/α,β-unsaturated/α-hetero) is 1.